The molecule has 3 aromatic rings. The third-order valence-corrected chi connectivity index (χ3v) is 3.41. The van der Waals surface area contributed by atoms with Crippen LogP contribution in [0.1, 0.15) is 16.1 Å². The number of para-hydroxylation sites is 1. The number of amides is 1. The molecule has 0 atom stereocenters. The van der Waals surface area contributed by atoms with Gasteiger partial charge in [-0.3, -0.25) is 4.79 Å². The first-order valence-corrected chi connectivity index (χ1v) is 7.24. The summed E-state index contributed by atoms with van der Waals surface area (Å²) < 4.78 is 6.91. The highest BCUT2D eigenvalue weighted by Crippen LogP contribution is 2.21. The summed E-state index contributed by atoms with van der Waals surface area (Å²) in [5.74, 6) is 0.126. The van der Waals surface area contributed by atoms with Crippen LogP contribution in [-0.2, 0) is 0 Å². The van der Waals surface area contributed by atoms with E-state index in [0.717, 1.165) is 16.9 Å². The van der Waals surface area contributed by atoms with Gasteiger partial charge >= 0.3 is 0 Å². The quantitative estimate of drug-likeness (QED) is 0.803. The molecule has 5 nitrogen and oxygen atoms in total. The summed E-state index contributed by atoms with van der Waals surface area (Å²) in [6, 6.07) is 17.2. The molecule has 23 heavy (non-hydrogen) atoms. The highest BCUT2D eigenvalue weighted by molar-refractivity contribution is 6.04. The van der Waals surface area contributed by atoms with Crippen molar-refractivity contribution in [2.24, 2.45) is 0 Å². The van der Waals surface area contributed by atoms with E-state index >= 15 is 0 Å². The second-order valence-electron chi connectivity index (χ2n) is 5.15. The maximum Gasteiger partial charge on any atom is 0.280 e. The molecule has 1 N–H and O–H groups in total. The molecule has 0 radical (unpaired) electrons. The van der Waals surface area contributed by atoms with E-state index in [-0.39, 0.29) is 11.6 Å². The Morgan fingerprint density at radius 3 is 2.61 bits per heavy atom. The van der Waals surface area contributed by atoms with Gasteiger partial charge in [0.2, 0.25) is 0 Å². The first-order valence-electron chi connectivity index (χ1n) is 7.24. The molecular weight excluding hydrogens is 290 g/mol. The third-order valence-electron chi connectivity index (χ3n) is 3.41. The molecule has 0 aliphatic carbocycles. The van der Waals surface area contributed by atoms with Crippen LogP contribution in [0.5, 0.6) is 5.75 Å². The van der Waals surface area contributed by atoms with Crippen molar-refractivity contribution >= 4 is 11.6 Å². The molecule has 1 aromatic heterocycles. The maximum atomic E-state index is 12.5. The van der Waals surface area contributed by atoms with Crippen molar-refractivity contribution in [1.82, 2.24) is 9.78 Å². The van der Waals surface area contributed by atoms with Gasteiger partial charge in [0.05, 0.1) is 19.0 Å². The molecule has 116 valence electrons. The minimum atomic E-state index is -0.304. The summed E-state index contributed by atoms with van der Waals surface area (Å²) in [6.07, 6.45) is 1.69. The fourth-order valence-corrected chi connectivity index (χ4v) is 2.29. The number of benzene rings is 2. The molecule has 0 unspecified atom stereocenters. The predicted octanol–water partition coefficient (Wildman–Crippen LogP) is 3.44. The van der Waals surface area contributed by atoms with Gasteiger partial charge in [-0.25, -0.2) is 4.68 Å². The molecule has 0 bridgehead atoms. The van der Waals surface area contributed by atoms with Crippen LogP contribution in [0.2, 0.25) is 0 Å². The Labute approximate surface area is 134 Å². The van der Waals surface area contributed by atoms with Gasteiger partial charge in [-0.05, 0) is 36.8 Å². The zero-order chi connectivity index (χ0) is 16.2. The van der Waals surface area contributed by atoms with E-state index in [1.54, 1.807) is 10.9 Å². The number of anilines is 1. The van der Waals surface area contributed by atoms with Crippen molar-refractivity contribution in [1.29, 1.82) is 0 Å². The summed E-state index contributed by atoms with van der Waals surface area (Å²) in [5.41, 5.74) is 2.91. The lowest BCUT2D eigenvalue weighted by Crippen LogP contribution is -2.14. The normalized spacial score (nSPS) is 10.3. The zero-order valence-electron chi connectivity index (χ0n) is 13.0. The van der Waals surface area contributed by atoms with Crippen LogP contribution in [0, 0.1) is 6.92 Å². The lowest BCUT2D eigenvalue weighted by atomic mass is 10.2. The lowest BCUT2D eigenvalue weighted by molar-refractivity contribution is 0.101. The van der Waals surface area contributed by atoms with Crippen LogP contribution >= 0.6 is 0 Å². The predicted molar refractivity (Wildman–Crippen MR) is 89.2 cm³/mol. The van der Waals surface area contributed by atoms with E-state index in [0.29, 0.717) is 5.75 Å². The van der Waals surface area contributed by atoms with Gasteiger partial charge in [0.15, 0.2) is 11.4 Å². The van der Waals surface area contributed by atoms with Crippen molar-refractivity contribution in [3.05, 3.63) is 72.1 Å². The van der Waals surface area contributed by atoms with Crippen molar-refractivity contribution < 1.29 is 9.53 Å². The standard InChI is InChI=1S/C18H17N3O2/c1-13-7-6-8-14(11-13)19-18(22)17-16(23-2)12-21(20-17)15-9-4-3-5-10-15/h3-12H,1-2H3,(H,19,22). The Kier molecular flexibility index (Phi) is 4.10. The highest BCUT2D eigenvalue weighted by Gasteiger charge is 2.18. The van der Waals surface area contributed by atoms with Crippen LogP contribution in [0.25, 0.3) is 5.69 Å². The van der Waals surface area contributed by atoms with Gasteiger partial charge in [0.25, 0.3) is 5.91 Å². The molecule has 1 amide bonds. The Bertz CT molecular complexity index is 825. The molecule has 5 heteroatoms. The van der Waals surface area contributed by atoms with E-state index in [1.807, 2.05) is 61.5 Å². The largest absolute Gasteiger partial charge is 0.493 e. The molecule has 1 heterocycles. The van der Waals surface area contributed by atoms with Crippen LogP contribution in [0.3, 0.4) is 0 Å². The number of rotatable bonds is 4. The summed E-state index contributed by atoms with van der Waals surface area (Å²) >= 11 is 0. The smallest absolute Gasteiger partial charge is 0.280 e. The first kappa shape index (κ1) is 14.8. The van der Waals surface area contributed by atoms with E-state index in [9.17, 15) is 4.79 Å². The van der Waals surface area contributed by atoms with Crippen molar-refractivity contribution in [3.63, 3.8) is 0 Å². The Morgan fingerprint density at radius 2 is 1.91 bits per heavy atom. The minimum absolute atomic E-state index is 0.248. The monoisotopic (exact) mass is 307 g/mol. The number of nitrogens with zero attached hydrogens (tertiary/aromatic N) is 2. The highest BCUT2D eigenvalue weighted by atomic mass is 16.5. The fourth-order valence-electron chi connectivity index (χ4n) is 2.29. The Hall–Kier alpha value is -3.08. The maximum absolute atomic E-state index is 12.5. The van der Waals surface area contributed by atoms with Crippen molar-refractivity contribution in [2.45, 2.75) is 6.92 Å². The van der Waals surface area contributed by atoms with Crippen LogP contribution in [0.15, 0.2) is 60.8 Å². The van der Waals surface area contributed by atoms with Crippen LogP contribution in [0.4, 0.5) is 5.69 Å². The number of carbonyl (C=O) groups excluding carboxylic acids is 1. The summed E-state index contributed by atoms with van der Waals surface area (Å²) in [4.78, 5) is 12.5. The number of aromatic nitrogens is 2. The van der Waals surface area contributed by atoms with Gasteiger partial charge in [0.1, 0.15) is 0 Å². The first-order chi connectivity index (χ1) is 11.2. The van der Waals surface area contributed by atoms with Gasteiger partial charge < -0.3 is 10.1 Å². The molecule has 0 aliphatic rings. The molecule has 0 saturated carbocycles. The zero-order valence-corrected chi connectivity index (χ0v) is 13.0. The number of ether oxygens (including phenoxy) is 1. The average Bonchev–Trinajstić information content (AvgIpc) is 3.00. The Balaban J connectivity index is 1.90. The van der Waals surface area contributed by atoms with Gasteiger partial charge in [-0.2, -0.15) is 5.10 Å². The number of methoxy groups -OCH3 is 1. The number of carbonyl (C=O) groups is 1. The summed E-state index contributed by atoms with van der Waals surface area (Å²) in [5, 5.41) is 7.19. The SMILES string of the molecule is COc1cn(-c2ccccc2)nc1C(=O)Nc1cccc(C)c1. The molecule has 3 rings (SSSR count). The van der Waals surface area contributed by atoms with Crippen LogP contribution < -0.4 is 10.1 Å². The number of nitrogens with one attached hydrogen (secondary N) is 1. The van der Waals surface area contributed by atoms with E-state index in [2.05, 4.69) is 10.4 Å². The fraction of sp³-hybridized carbons (Fsp3) is 0.111. The molecule has 0 fully saturated rings. The average molecular weight is 307 g/mol. The molecular formula is C18H17N3O2. The Morgan fingerprint density at radius 1 is 1.13 bits per heavy atom. The van der Waals surface area contributed by atoms with E-state index in [1.165, 1.54) is 7.11 Å². The van der Waals surface area contributed by atoms with Gasteiger partial charge in [-0.15, -0.1) is 0 Å². The topological polar surface area (TPSA) is 56.2 Å². The third kappa shape index (κ3) is 3.23. The molecule has 0 saturated heterocycles. The minimum Gasteiger partial charge on any atom is -0.493 e. The van der Waals surface area contributed by atoms with E-state index in [4.69, 9.17) is 4.74 Å². The van der Waals surface area contributed by atoms with Crippen molar-refractivity contribution in [3.8, 4) is 11.4 Å². The second-order valence-corrected chi connectivity index (χ2v) is 5.15. The summed E-state index contributed by atoms with van der Waals surface area (Å²) in [6.45, 7) is 1.97. The molecule has 0 spiro atoms. The number of aryl methyl sites for hydroxylation is 1. The molecule has 2 aromatic carbocycles. The number of hydrogen-bond donors (Lipinski definition) is 1. The van der Waals surface area contributed by atoms with Gasteiger partial charge in [-0.1, -0.05) is 30.3 Å². The second kappa shape index (κ2) is 6.36. The lowest BCUT2D eigenvalue weighted by Gasteiger charge is -2.05. The van der Waals surface area contributed by atoms with Gasteiger partial charge in [0, 0.05) is 5.69 Å². The number of hydrogen-bond acceptors (Lipinski definition) is 3. The van der Waals surface area contributed by atoms with Crippen LogP contribution in [-0.4, -0.2) is 22.8 Å². The molecule has 0 aliphatic heterocycles. The van der Waals surface area contributed by atoms with Crippen molar-refractivity contribution in [2.75, 3.05) is 12.4 Å². The van der Waals surface area contributed by atoms with E-state index < -0.39 is 0 Å². The summed E-state index contributed by atoms with van der Waals surface area (Å²) in [7, 11) is 1.52.